The van der Waals surface area contributed by atoms with Crippen LogP contribution >= 0.6 is 11.6 Å². The van der Waals surface area contributed by atoms with E-state index < -0.39 is 0 Å². The molecule has 1 fully saturated rings. The Morgan fingerprint density at radius 3 is 2.55 bits per heavy atom. The van der Waals surface area contributed by atoms with Crippen LogP contribution in [0.5, 0.6) is 0 Å². The van der Waals surface area contributed by atoms with Crippen molar-refractivity contribution in [3.05, 3.63) is 81.6 Å². The first-order chi connectivity index (χ1) is 16.0. The summed E-state index contributed by atoms with van der Waals surface area (Å²) < 4.78 is 1.56. The van der Waals surface area contributed by atoms with Gasteiger partial charge >= 0.3 is 0 Å². The van der Waals surface area contributed by atoms with Crippen molar-refractivity contribution in [3.63, 3.8) is 0 Å². The number of amides is 1. The standard InChI is InChI=1S/C26H29ClN4O2/c1-19(32)28-24-5-2-4-22(18-24)20-12-16-30(17-13-20)14-3-15-31-26(33)11-10-25(29-31)21-6-8-23(27)9-7-21/h2,4-11,18,20H,3,12-17H2,1H3,(H,28,32). The van der Waals surface area contributed by atoms with Gasteiger partial charge in [0.25, 0.3) is 5.56 Å². The van der Waals surface area contributed by atoms with Gasteiger partial charge in [-0.2, -0.15) is 5.10 Å². The summed E-state index contributed by atoms with van der Waals surface area (Å²) in [5.41, 5.74) is 3.79. The van der Waals surface area contributed by atoms with Crippen molar-refractivity contribution in [3.8, 4) is 11.3 Å². The fraction of sp³-hybridized carbons (Fsp3) is 0.346. The van der Waals surface area contributed by atoms with E-state index in [0.717, 1.165) is 55.8 Å². The molecule has 0 unspecified atom stereocenters. The smallest absolute Gasteiger partial charge is 0.266 e. The molecular formula is C26H29ClN4O2. The molecule has 2 aromatic carbocycles. The first kappa shape index (κ1) is 23.2. The van der Waals surface area contributed by atoms with Crippen LogP contribution in [-0.4, -0.2) is 40.2 Å². The molecule has 0 bridgehead atoms. The van der Waals surface area contributed by atoms with Crippen LogP contribution in [0.25, 0.3) is 11.3 Å². The van der Waals surface area contributed by atoms with Crippen molar-refractivity contribution >= 4 is 23.2 Å². The maximum absolute atomic E-state index is 12.3. The molecule has 1 saturated heterocycles. The lowest BCUT2D eigenvalue weighted by molar-refractivity contribution is -0.114. The van der Waals surface area contributed by atoms with E-state index in [9.17, 15) is 9.59 Å². The van der Waals surface area contributed by atoms with E-state index in [1.54, 1.807) is 16.8 Å². The molecule has 7 heteroatoms. The molecule has 1 amide bonds. The second-order valence-corrected chi connectivity index (χ2v) is 9.00. The van der Waals surface area contributed by atoms with Gasteiger partial charge in [0.05, 0.1) is 5.69 Å². The third kappa shape index (κ3) is 6.30. The first-order valence-corrected chi connectivity index (χ1v) is 11.8. The van der Waals surface area contributed by atoms with Gasteiger partial charge in [-0.15, -0.1) is 0 Å². The van der Waals surface area contributed by atoms with Crippen LogP contribution in [0.4, 0.5) is 5.69 Å². The van der Waals surface area contributed by atoms with Crippen LogP contribution in [0.15, 0.2) is 65.5 Å². The van der Waals surface area contributed by atoms with Crippen molar-refractivity contribution in [2.75, 3.05) is 25.0 Å². The van der Waals surface area contributed by atoms with Crippen LogP contribution in [0.1, 0.15) is 37.7 Å². The Labute approximate surface area is 199 Å². The van der Waals surface area contributed by atoms with Gasteiger partial charge in [0.2, 0.25) is 5.91 Å². The highest BCUT2D eigenvalue weighted by Gasteiger charge is 2.20. The minimum atomic E-state index is -0.0783. The predicted octanol–water partition coefficient (Wildman–Crippen LogP) is 4.79. The number of aryl methyl sites for hydroxylation is 1. The highest BCUT2D eigenvalue weighted by molar-refractivity contribution is 6.30. The molecule has 4 rings (SSSR count). The fourth-order valence-electron chi connectivity index (χ4n) is 4.39. The number of hydrogen-bond acceptors (Lipinski definition) is 4. The van der Waals surface area contributed by atoms with E-state index in [2.05, 4.69) is 27.4 Å². The summed E-state index contributed by atoms with van der Waals surface area (Å²) in [5, 5.41) is 8.09. The van der Waals surface area contributed by atoms with E-state index in [1.807, 2.05) is 36.4 Å². The third-order valence-corrected chi connectivity index (χ3v) is 6.37. The van der Waals surface area contributed by atoms with Crippen molar-refractivity contribution in [1.82, 2.24) is 14.7 Å². The number of anilines is 1. The Kier molecular flexibility index (Phi) is 7.57. The van der Waals surface area contributed by atoms with E-state index >= 15 is 0 Å². The summed E-state index contributed by atoms with van der Waals surface area (Å²) in [6.07, 6.45) is 3.06. The summed E-state index contributed by atoms with van der Waals surface area (Å²) in [5.74, 6) is 0.463. The van der Waals surface area contributed by atoms with Crippen molar-refractivity contribution in [2.24, 2.45) is 0 Å². The maximum atomic E-state index is 12.3. The topological polar surface area (TPSA) is 67.2 Å². The Hall–Kier alpha value is -2.96. The molecule has 0 atom stereocenters. The number of nitrogens with one attached hydrogen (secondary N) is 1. The Morgan fingerprint density at radius 1 is 1.06 bits per heavy atom. The largest absolute Gasteiger partial charge is 0.326 e. The molecule has 0 spiro atoms. The number of carbonyl (C=O) groups excluding carboxylic acids is 1. The summed E-state index contributed by atoms with van der Waals surface area (Å²) in [6.45, 7) is 5.13. The predicted molar refractivity (Wildman–Crippen MR) is 133 cm³/mol. The zero-order chi connectivity index (χ0) is 23.2. The molecule has 1 N–H and O–H groups in total. The van der Waals surface area contributed by atoms with Gasteiger partial charge in [0.15, 0.2) is 0 Å². The van der Waals surface area contributed by atoms with Crippen LogP contribution in [0.2, 0.25) is 5.02 Å². The number of benzene rings is 2. The molecule has 33 heavy (non-hydrogen) atoms. The summed E-state index contributed by atoms with van der Waals surface area (Å²) in [6, 6.07) is 19.0. The summed E-state index contributed by atoms with van der Waals surface area (Å²) >= 11 is 5.97. The van der Waals surface area contributed by atoms with Gasteiger partial charge in [-0.1, -0.05) is 35.9 Å². The van der Waals surface area contributed by atoms with E-state index in [4.69, 9.17) is 11.6 Å². The average molecular weight is 465 g/mol. The summed E-state index contributed by atoms with van der Waals surface area (Å²) in [4.78, 5) is 26.1. The SMILES string of the molecule is CC(=O)Nc1cccc(C2CCN(CCCn3nc(-c4ccc(Cl)cc4)ccc3=O)CC2)c1. The number of halogens is 1. The lowest BCUT2D eigenvalue weighted by Crippen LogP contribution is -2.34. The van der Waals surface area contributed by atoms with Crippen LogP contribution in [0, 0.1) is 0 Å². The van der Waals surface area contributed by atoms with Crippen LogP contribution in [0.3, 0.4) is 0 Å². The fourth-order valence-corrected chi connectivity index (χ4v) is 4.52. The van der Waals surface area contributed by atoms with E-state index in [0.29, 0.717) is 17.5 Å². The number of likely N-dealkylation sites (tertiary alicyclic amines) is 1. The zero-order valence-corrected chi connectivity index (χ0v) is 19.6. The maximum Gasteiger partial charge on any atom is 0.266 e. The van der Waals surface area contributed by atoms with E-state index in [1.165, 1.54) is 12.5 Å². The number of aromatic nitrogens is 2. The Morgan fingerprint density at radius 2 is 1.82 bits per heavy atom. The first-order valence-electron chi connectivity index (χ1n) is 11.4. The second kappa shape index (κ2) is 10.8. The molecule has 2 heterocycles. The van der Waals surface area contributed by atoms with Gasteiger partial charge in [0.1, 0.15) is 0 Å². The van der Waals surface area contributed by atoms with Gasteiger partial charge in [-0.25, -0.2) is 4.68 Å². The molecule has 172 valence electrons. The van der Waals surface area contributed by atoms with Crippen LogP contribution in [-0.2, 0) is 11.3 Å². The molecule has 0 saturated carbocycles. The molecule has 1 aliphatic rings. The third-order valence-electron chi connectivity index (χ3n) is 6.12. The summed E-state index contributed by atoms with van der Waals surface area (Å²) in [7, 11) is 0. The monoisotopic (exact) mass is 464 g/mol. The molecular weight excluding hydrogens is 436 g/mol. The molecule has 0 aliphatic carbocycles. The number of hydrogen-bond donors (Lipinski definition) is 1. The highest BCUT2D eigenvalue weighted by atomic mass is 35.5. The minimum Gasteiger partial charge on any atom is -0.326 e. The lowest BCUT2D eigenvalue weighted by atomic mass is 9.89. The Bertz CT molecular complexity index is 1150. The molecule has 1 aromatic heterocycles. The van der Waals surface area contributed by atoms with Gasteiger partial charge in [0, 0.05) is 35.8 Å². The van der Waals surface area contributed by atoms with Crippen molar-refractivity contribution in [2.45, 2.75) is 38.6 Å². The molecule has 6 nitrogen and oxygen atoms in total. The molecule has 0 radical (unpaired) electrons. The molecule has 3 aromatic rings. The quantitative estimate of drug-likeness (QED) is 0.545. The van der Waals surface area contributed by atoms with Gasteiger partial charge < -0.3 is 10.2 Å². The minimum absolute atomic E-state index is 0.0470. The number of piperidine rings is 1. The highest BCUT2D eigenvalue weighted by Crippen LogP contribution is 2.29. The number of rotatable bonds is 7. The van der Waals surface area contributed by atoms with Crippen LogP contribution < -0.4 is 10.9 Å². The Balaban J connectivity index is 1.28. The zero-order valence-electron chi connectivity index (χ0n) is 18.8. The second-order valence-electron chi connectivity index (χ2n) is 8.56. The van der Waals surface area contributed by atoms with E-state index in [-0.39, 0.29) is 11.5 Å². The lowest BCUT2D eigenvalue weighted by Gasteiger charge is -2.32. The molecule has 1 aliphatic heterocycles. The van der Waals surface area contributed by atoms with Gasteiger partial charge in [-0.05, 0) is 80.7 Å². The van der Waals surface area contributed by atoms with Gasteiger partial charge in [-0.3, -0.25) is 9.59 Å². The average Bonchev–Trinajstić information content (AvgIpc) is 2.81. The number of carbonyl (C=O) groups is 1. The van der Waals surface area contributed by atoms with Crippen molar-refractivity contribution < 1.29 is 4.79 Å². The number of nitrogens with zero attached hydrogens (tertiary/aromatic N) is 3. The van der Waals surface area contributed by atoms with Crippen molar-refractivity contribution in [1.29, 1.82) is 0 Å². The normalized spacial score (nSPS) is 14.8.